The van der Waals surface area contributed by atoms with Gasteiger partial charge in [0.15, 0.2) is 0 Å². The van der Waals surface area contributed by atoms with Crippen molar-refractivity contribution in [3.8, 4) is 0 Å². The van der Waals surface area contributed by atoms with E-state index in [0.717, 1.165) is 10.0 Å². The Morgan fingerprint density at radius 1 is 1.36 bits per heavy atom. The van der Waals surface area contributed by atoms with Gasteiger partial charge < -0.3 is 0 Å². The molecular weight excluding hydrogens is 204 g/mol. The molecule has 11 heavy (non-hydrogen) atoms. The van der Waals surface area contributed by atoms with Gasteiger partial charge in [-0.2, -0.15) is 0 Å². The van der Waals surface area contributed by atoms with Crippen LogP contribution in [0.4, 0.5) is 0 Å². The van der Waals surface area contributed by atoms with Crippen LogP contribution in [0.5, 0.6) is 0 Å². The Bertz CT molecular complexity index is 292. The molecule has 0 fully saturated rings. The van der Waals surface area contributed by atoms with Crippen molar-refractivity contribution < 1.29 is 4.79 Å². The molecule has 1 rings (SSSR count). The van der Waals surface area contributed by atoms with E-state index in [-0.39, 0.29) is 0 Å². The second-order valence-corrected chi connectivity index (χ2v) is 3.26. The summed E-state index contributed by atoms with van der Waals surface area (Å²) >= 11 is 3.33. The molecule has 2 heteroatoms. The average Bonchev–Trinajstić information content (AvgIpc) is 2.01. The van der Waals surface area contributed by atoms with E-state index in [1.807, 2.05) is 26.2 Å². The fourth-order valence-electron chi connectivity index (χ4n) is 0.860. The molecule has 0 N–H and O–H groups in total. The van der Waals surface area contributed by atoms with Gasteiger partial charge in [-0.25, -0.2) is 0 Å². The van der Waals surface area contributed by atoms with E-state index in [2.05, 4.69) is 15.9 Å². The molecule has 0 atom stereocenters. The van der Waals surface area contributed by atoms with E-state index < -0.39 is 0 Å². The van der Waals surface area contributed by atoms with Gasteiger partial charge in [0, 0.05) is 10.0 Å². The maximum Gasteiger partial charge on any atom is 0.234 e. The Kier molecular flexibility index (Phi) is 2.45. The second kappa shape index (κ2) is 3.18. The summed E-state index contributed by atoms with van der Waals surface area (Å²) in [4.78, 5) is 10.3. The van der Waals surface area contributed by atoms with E-state index in [9.17, 15) is 4.79 Å². The Labute approximate surface area is 74.6 Å². The minimum atomic E-state index is 0.591. The highest BCUT2D eigenvalue weighted by atomic mass is 79.9. The molecule has 57 valence electrons. The summed E-state index contributed by atoms with van der Waals surface area (Å²) in [6.45, 7) is 3.98. The molecule has 0 aliphatic carbocycles. The highest BCUT2D eigenvalue weighted by Gasteiger charge is 2.03. The summed E-state index contributed by atoms with van der Waals surface area (Å²) in [6.07, 6.45) is 1.87. The Morgan fingerprint density at radius 2 is 2.00 bits per heavy atom. The quantitative estimate of drug-likeness (QED) is 0.698. The minimum absolute atomic E-state index is 0.591. The van der Waals surface area contributed by atoms with Crippen LogP contribution in [0.25, 0.3) is 0 Å². The number of carbonyl (C=O) groups excluding carboxylic acids is 1. The summed E-state index contributed by atoms with van der Waals surface area (Å²) < 4.78 is 0.854. The van der Waals surface area contributed by atoms with E-state index in [1.165, 1.54) is 5.56 Å². The van der Waals surface area contributed by atoms with Crippen LogP contribution in [0.1, 0.15) is 16.7 Å². The molecule has 0 aliphatic heterocycles. The first-order valence-corrected chi connectivity index (χ1v) is 4.10. The first kappa shape index (κ1) is 8.47. The van der Waals surface area contributed by atoms with Crippen molar-refractivity contribution in [3.63, 3.8) is 0 Å². The zero-order valence-corrected chi connectivity index (χ0v) is 8.03. The number of rotatable bonds is 1. The number of aryl methyl sites for hydroxylation is 1. The SMILES string of the molecule is Cc1ccc([C]=O)c(Br)c1C. The molecule has 0 unspecified atom stereocenters. The van der Waals surface area contributed by atoms with E-state index in [4.69, 9.17) is 0 Å². The summed E-state index contributed by atoms with van der Waals surface area (Å²) in [7, 11) is 0. The van der Waals surface area contributed by atoms with Crippen LogP contribution in [0.15, 0.2) is 16.6 Å². The van der Waals surface area contributed by atoms with Gasteiger partial charge >= 0.3 is 0 Å². The summed E-state index contributed by atoms with van der Waals surface area (Å²) in [5.74, 6) is 0. The van der Waals surface area contributed by atoms with Crippen molar-refractivity contribution in [3.05, 3.63) is 33.3 Å². The normalized spacial score (nSPS) is 9.73. The van der Waals surface area contributed by atoms with E-state index in [1.54, 1.807) is 6.07 Å². The average molecular weight is 212 g/mol. The van der Waals surface area contributed by atoms with Crippen molar-refractivity contribution in [2.24, 2.45) is 0 Å². The van der Waals surface area contributed by atoms with Gasteiger partial charge in [0.2, 0.25) is 6.29 Å². The van der Waals surface area contributed by atoms with Gasteiger partial charge in [-0.05, 0) is 47.0 Å². The third-order valence-corrected chi connectivity index (χ3v) is 2.79. The highest BCUT2D eigenvalue weighted by Crippen LogP contribution is 2.22. The van der Waals surface area contributed by atoms with Crippen LogP contribution in [-0.4, -0.2) is 6.29 Å². The molecule has 0 saturated heterocycles. The maximum atomic E-state index is 10.3. The zero-order valence-electron chi connectivity index (χ0n) is 6.44. The number of benzene rings is 1. The largest absolute Gasteiger partial charge is 0.285 e. The van der Waals surface area contributed by atoms with Gasteiger partial charge in [0.1, 0.15) is 0 Å². The maximum absolute atomic E-state index is 10.3. The van der Waals surface area contributed by atoms with Gasteiger partial charge in [-0.15, -0.1) is 0 Å². The monoisotopic (exact) mass is 211 g/mol. The number of halogens is 1. The number of hydrogen-bond acceptors (Lipinski definition) is 1. The van der Waals surface area contributed by atoms with Gasteiger partial charge in [0.25, 0.3) is 0 Å². The Balaban J connectivity index is 3.36. The molecule has 1 aromatic rings. The predicted molar refractivity (Wildman–Crippen MR) is 48.4 cm³/mol. The van der Waals surface area contributed by atoms with Crippen molar-refractivity contribution in [2.45, 2.75) is 13.8 Å². The Hall–Kier alpha value is -0.630. The van der Waals surface area contributed by atoms with Gasteiger partial charge in [0.05, 0.1) is 0 Å². The topological polar surface area (TPSA) is 17.1 Å². The highest BCUT2D eigenvalue weighted by molar-refractivity contribution is 9.10. The van der Waals surface area contributed by atoms with Crippen LogP contribution in [-0.2, 0) is 4.79 Å². The molecule has 0 amide bonds. The fraction of sp³-hybridized carbons (Fsp3) is 0.222. The van der Waals surface area contributed by atoms with Crippen molar-refractivity contribution >= 4 is 22.2 Å². The van der Waals surface area contributed by atoms with Crippen molar-refractivity contribution in [2.75, 3.05) is 0 Å². The molecule has 0 spiro atoms. The molecule has 0 saturated carbocycles. The van der Waals surface area contributed by atoms with Crippen molar-refractivity contribution in [1.29, 1.82) is 0 Å². The lowest BCUT2D eigenvalue weighted by atomic mass is 10.1. The van der Waals surface area contributed by atoms with Crippen LogP contribution in [0.2, 0.25) is 0 Å². The standard InChI is InChI=1S/C9H8BrO/c1-6-3-4-8(5-11)9(10)7(6)2/h3-4H,1-2H3. The van der Waals surface area contributed by atoms with Crippen molar-refractivity contribution in [1.82, 2.24) is 0 Å². The molecule has 0 aliphatic rings. The van der Waals surface area contributed by atoms with Crippen LogP contribution in [0.3, 0.4) is 0 Å². The second-order valence-electron chi connectivity index (χ2n) is 2.47. The molecule has 1 nitrogen and oxygen atoms in total. The molecule has 1 aromatic carbocycles. The lowest BCUT2D eigenvalue weighted by Crippen LogP contribution is -1.88. The molecule has 0 heterocycles. The van der Waals surface area contributed by atoms with Crippen LogP contribution >= 0.6 is 15.9 Å². The molecule has 0 aromatic heterocycles. The third-order valence-electron chi connectivity index (χ3n) is 1.77. The molecule has 0 bridgehead atoms. The summed E-state index contributed by atoms with van der Waals surface area (Å²) in [6, 6.07) is 3.68. The van der Waals surface area contributed by atoms with E-state index >= 15 is 0 Å². The Morgan fingerprint density at radius 3 is 2.55 bits per heavy atom. The smallest absolute Gasteiger partial charge is 0.234 e. The lowest BCUT2D eigenvalue weighted by molar-refractivity contribution is 0.562. The predicted octanol–water partition coefficient (Wildman–Crippen LogP) is 2.52. The fourth-order valence-corrected chi connectivity index (χ4v) is 1.39. The first-order valence-electron chi connectivity index (χ1n) is 3.30. The van der Waals surface area contributed by atoms with Gasteiger partial charge in [-0.3, -0.25) is 4.79 Å². The minimum Gasteiger partial charge on any atom is -0.285 e. The molecule has 1 radical (unpaired) electrons. The van der Waals surface area contributed by atoms with Crippen LogP contribution in [0, 0.1) is 13.8 Å². The molecular formula is C9H8BrO. The summed E-state index contributed by atoms with van der Waals surface area (Å²) in [5.41, 5.74) is 2.87. The lowest BCUT2D eigenvalue weighted by Gasteiger charge is -2.03. The summed E-state index contributed by atoms with van der Waals surface area (Å²) in [5, 5.41) is 0. The van der Waals surface area contributed by atoms with Crippen LogP contribution < -0.4 is 0 Å². The first-order chi connectivity index (χ1) is 5.16. The van der Waals surface area contributed by atoms with E-state index in [0.29, 0.717) is 5.56 Å². The van der Waals surface area contributed by atoms with Gasteiger partial charge in [-0.1, -0.05) is 6.07 Å². The third kappa shape index (κ3) is 1.51. The number of hydrogen-bond donors (Lipinski definition) is 0. The zero-order chi connectivity index (χ0) is 8.43.